The predicted molar refractivity (Wildman–Crippen MR) is 85.9 cm³/mol. The van der Waals surface area contributed by atoms with Crippen molar-refractivity contribution in [3.05, 3.63) is 29.3 Å². The number of aliphatic hydroxyl groups is 2. The second-order valence-corrected chi connectivity index (χ2v) is 5.68. The van der Waals surface area contributed by atoms with Crippen LogP contribution in [0.3, 0.4) is 0 Å². The van der Waals surface area contributed by atoms with Crippen LogP contribution in [-0.2, 0) is 0 Å². The molecule has 0 aliphatic carbocycles. The number of nitrogens with one attached hydrogen (secondary N) is 1. The smallest absolute Gasteiger partial charge is 0.120 e. The summed E-state index contributed by atoms with van der Waals surface area (Å²) in [6.45, 7) is 3.87. The van der Waals surface area contributed by atoms with Crippen molar-refractivity contribution in [1.82, 2.24) is 5.32 Å². The van der Waals surface area contributed by atoms with Gasteiger partial charge in [0.1, 0.15) is 18.5 Å². The Labute approximate surface area is 132 Å². The standard InChI is InChI=1S/C16H26ClNO3/c1-2-4-13(7-8-19)10-18-11-15(20)12-21-16-6-3-5-14(17)9-16/h3,5-6,9,13,15,18-20H,2,4,7-8,10-12H2,1H3. The highest BCUT2D eigenvalue weighted by atomic mass is 35.5. The first kappa shape index (κ1) is 18.2. The SMILES string of the molecule is CCCC(CCO)CNCC(O)COc1cccc(Cl)c1. The molecule has 0 fully saturated rings. The normalized spacial score (nSPS) is 13.9. The number of hydrogen-bond donors (Lipinski definition) is 3. The largest absolute Gasteiger partial charge is 0.491 e. The Hall–Kier alpha value is -0.810. The fraction of sp³-hybridized carbons (Fsp3) is 0.625. The molecule has 1 aromatic carbocycles. The number of ether oxygens (including phenoxy) is 1. The maximum atomic E-state index is 9.88. The van der Waals surface area contributed by atoms with Gasteiger partial charge >= 0.3 is 0 Å². The molecule has 0 spiro atoms. The second-order valence-electron chi connectivity index (χ2n) is 5.25. The number of hydrogen-bond acceptors (Lipinski definition) is 4. The third-order valence-electron chi connectivity index (χ3n) is 3.29. The molecular formula is C16H26ClNO3. The summed E-state index contributed by atoms with van der Waals surface area (Å²) in [5.74, 6) is 1.12. The van der Waals surface area contributed by atoms with Gasteiger partial charge < -0.3 is 20.3 Å². The lowest BCUT2D eigenvalue weighted by molar-refractivity contribution is 0.105. The van der Waals surface area contributed by atoms with E-state index in [2.05, 4.69) is 12.2 Å². The van der Waals surface area contributed by atoms with Gasteiger partial charge in [0.2, 0.25) is 0 Å². The van der Waals surface area contributed by atoms with Crippen molar-refractivity contribution in [3.8, 4) is 5.75 Å². The first-order chi connectivity index (χ1) is 10.2. The Morgan fingerprint density at radius 3 is 2.76 bits per heavy atom. The summed E-state index contributed by atoms with van der Waals surface area (Å²) in [6, 6.07) is 7.12. The van der Waals surface area contributed by atoms with Crippen molar-refractivity contribution in [2.45, 2.75) is 32.3 Å². The van der Waals surface area contributed by atoms with Crippen LogP contribution in [0.4, 0.5) is 0 Å². The van der Waals surface area contributed by atoms with Gasteiger partial charge in [0.25, 0.3) is 0 Å². The number of benzene rings is 1. The minimum atomic E-state index is -0.569. The molecule has 2 unspecified atom stereocenters. The van der Waals surface area contributed by atoms with Crippen molar-refractivity contribution in [2.75, 3.05) is 26.3 Å². The van der Waals surface area contributed by atoms with Gasteiger partial charge in [-0.1, -0.05) is 31.0 Å². The molecule has 1 aromatic rings. The molecule has 21 heavy (non-hydrogen) atoms. The zero-order chi connectivity index (χ0) is 15.5. The van der Waals surface area contributed by atoms with E-state index in [9.17, 15) is 5.11 Å². The molecule has 120 valence electrons. The van der Waals surface area contributed by atoms with Crippen molar-refractivity contribution >= 4 is 11.6 Å². The molecule has 0 radical (unpaired) electrons. The molecule has 0 aliphatic rings. The summed E-state index contributed by atoms with van der Waals surface area (Å²) in [7, 11) is 0. The van der Waals surface area contributed by atoms with Crippen LogP contribution < -0.4 is 10.1 Å². The maximum absolute atomic E-state index is 9.88. The molecule has 0 saturated heterocycles. The van der Waals surface area contributed by atoms with Crippen LogP contribution in [0.25, 0.3) is 0 Å². The monoisotopic (exact) mass is 315 g/mol. The maximum Gasteiger partial charge on any atom is 0.120 e. The van der Waals surface area contributed by atoms with E-state index in [0.29, 0.717) is 23.2 Å². The Kier molecular flexibility index (Phi) is 9.42. The Balaban J connectivity index is 2.19. The second kappa shape index (κ2) is 10.9. The molecule has 2 atom stereocenters. The fourth-order valence-corrected chi connectivity index (χ4v) is 2.38. The Morgan fingerprint density at radius 2 is 2.10 bits per heavy atom. The molecule has 0 heterocycles. The van der Waals surface area contributed by atoms with E-state index in [1.807, 2.05) is 12.1 Å². The van der Waals surface area contributed by atoms with Gasteiger partial charge in [0.05, 0.1) is 0 Å². The van der Waals surface area contributed by atoms with Gasteiger partial charge in [-0.05, 0) is 43.5 Å². The zero-order valence-electron chi connectivity index (χ0n) is 12.6. The van der Waals surface area contributed by atoms with Crippen molar-refractivity contribution in [1.29, 1.82) is 0 Å². The van der Waals surface area contributed by atoms with Crippen LogP contribution in [0.5, 0.6) is 5.75 Å². The average molecular weight is 316 g/mol. The number of aliphatic hydroxyl groups excluding tert-OH is 2. The van der Waals surface area contributed by atoms with E-state index in [1.165, 1.54) is 0 Å². The summed E-state index contributed by atoms with van der Waals surface area (Å²) >= 11 is 5.86. The summed E-state index contributed by atoms with van der Waals surface area (Å²) in [5.41, 5.74) is 0. The Bertz CT molecular complexity index is 384. The molecule has 4 nitrogen and oxygen atoms in total. The zero-order valence-corrected chi connectivity index (χ0v) is 13.4. The van der Waals surface area contributed by atoms with E-state index in [0.717, 1.165) is 25.8 Å². The molecule has 0 aliphatic heterocycles. The van der Waals surface area contributed by atoms with E-state index < -0.39 is 6.10 Å². The van der Waals surface area contributed by atoms with E-state index in [1.54, 1.807) is 12.1 Å². The van der Waals surface area contributed by atoms with E-state index >= 15 is 0 Å². The van der Waals surface area contributed by atoms with Crippen molar-refractivity contribution < 1.29 is 14.9 Å². The molecule has 0 bridgehead atoms. The van der Waals surface area contributed by atoms with Gasteiger partial charge in [0, 0.05) is 18.2 Å². The quantitative estimate of drug-likeness (QED) is 0.587. The predicted octanol–water partition coefficient (Wildman–Crippen LogP) is 2.47. The molecule has 0 saturated carbocycles. The lowest BCUT2D eigenvalue weighted by Crippen LogP contribution is -2.34. The summed E-state index contributed by atoms with van der Waals surface area (Å²) in [6.07, 6.45) is 2.42. The topological polar surface area (TPSA) is 61.7 Å². The van der Waals surface area contributed by atoms with Crippen molar-refractivity contribution in [2.24, 2.45) is 5.92 Å². The van der Waals surface area contributed by atoms with Crippen LogP contribution in [0.1, 0.15) is 26.2 Å². The van der Waals surface area contributed by atoms with Crippen LogP contribution in [0.2, 0.25) is 5.02 Å². The van der Waals surface area contributed by atoms with Crippen LogP contribution in [0.15, 0.2) is 24.3 Å². The molecule has 5 heteroatoms. The first-order valence-corrected chi connectivity index (χ1v) is 7.91. The van der Waals surface area contributed by atoms with Crippen molar-refractivity contribution in [3.63, 3.8) is 0 Å². The summed E-state index contributed by atoms with van der Waals surface area (Å²) < 4.78 is 5.49. The van der Waals surface area contributed by atoms with Crippen LogP contribution >= 0.6 is 11.6 Å². The van der Waals surface area contributed by atoms with Gasteiger partial charge in [0.15, 0.2) is 0 Å². The third-order valence-corrected chi connectivity index (χ3v) is 3.52. The number of rotatable bonds is 11. The van der Waals surface area contributed by atoms with Gasteiger partial charge in [-0.25, -0.2) is 0 Å². The summed E-state index contributed by atoms with van der Waals surface area (Å²) in [4.78, 5) is 0. The van der Waals surface area contributed by atoms with E-state index in [4.69, 9.17) is 21.4 Å². The van der Waals surface area contributed by atoms with Gasteiger partial charge in [-0.3, -0.25) is 0 Å². The lowest BCUT2D eigenvalue weighted by Gasteiger charge is -2.18. The third kappa shape index (κ3) is 8.27. The number of halogens is 1. The van der Waals surface area contributed by atoms with Gasteiger partial charge in [-0.2, -0.15) is 0 Å². The van der Waals surface area contributed by atoms with E-state index in [-0.39, 0.29) is 13.2 Å². The highest BCUT2D eigenvalue weighted by Crippen LogP contribution is 2.17. The highest BCUT2D eigenvalue weighted by Gasteiger charge is 2.09. The van der Waals surface area contributed by atoms with Gasteiger partial charge in [-0.15, -0.1) is 0 Å². The minimum absolute atomic E-state index is 0.215. The molecule has 0 amide bonds. The minimum Gasteiger partial charge on any atom is -0.491 e. The van der Waals surface area contributed by atoms with Crippen LogP contribution in [0, 0.1) is 5.92 Å². The highest BCUT2D eigenvalue weighted by molar-refractivity contribution is 6.30. The van der Waals surface area contributed by atoms with Crippen LogP contribution in [-0.4, -0.2) is 42.6 Å². The molecule has 1 rings (SSSR count). The molecular weight excluding hydrogens is 290 g/mol. The first-order valence-electron chi connectivity index (χ1n) is 7.53. The Morgan fingerprint density at radius 1 is 1.29 bits per heavy atom. The summed E-state index contributed by atoms with van der Waals surface area (Å²) in [5, 5.41) is 22.7. The fourth-order valence-electron chi connectivity index (χ4n) is 2.20. The molecule has 3 N–H and O–H groups in total. The average Bonchev–Trinajstić information content (AvgIpc) is 2.46. The molecule has 0 aromatic heterocycles. The lowest BCUT2D eigenvalue weighted by atomic mass is 10.0.